The van der Waals surface area contributed by atoms with Crippen molar-refractivity contribution in [1.82, 2.24) is 15.6 Å². The summed E-state index contributed by atoms with van der Waals surface area (Å²) in [5.74, 6) is 0.888. The monoisotopic (exact) mass is 370 g/mol. The smallest absolute Gasteiger partial charge is 0.355 e. The van der Waals surface area contributed by atoms with Gasteiger partial charge in [-0.2, -0.15) is 13.2 Å². The molecule has 5 nitrogen and oxygen atoms in total. The Kier molecular flexibility index (Phi) is 7.00. The molecule has 0 saturated heterocycles. The van der Waals surface area contributed by atoms with Crippen LogP contribution in [0.5, 0.6) is 0 Å². The summed E-state index contributed by atoms with van der Waals surface area (Å²) in [5.41, 5.74) is -0.886. The van der Waals surface area contributed by atoms with Gasteiger partial charge in [-0.1, -0.05) is 0 Å². The van der Waals surface area contributed by atoms with Crippen LogP contribution in [-0.2, 0) is 23.5 Å². The van der Waals surface area contributed by atoms with Crippen molar-refractivity contribution < 1.29 is 17.4 Å². The van der Waals surface area contributed by atoms with Crippen molar-refractivity contribution in [1.29, 1.82) is 0 Å². The van der Waals surface area contributed by atoms with Gasteiger partial charge in [0, 0.05) is 40.3 Å². The van der Waals surface area contributed by atoms with Gasteiger partial charge >= 0.3 is 6.18 Å². The van der Waals surface area contributed by atoms with Crippen LogP contribution in [0, 0.1) is 0 Å². The summed E-state index contributed by atoms with van der Waals surface area (Å²) in [7, 11) is 0.572. The van der Waals surface area contributed by atoms with Crippen LogP contribution in [0.4, 0.5) is 13.2 Å². The normalized spacial score (nSPS) is 14.7. The molecule has 0 aliphatic heterocycles. The number of guanidine groups is 1. The molecule has 1 heterocycles. The molecule has 132 valence electrons. The fraction of sp³-hybridized carbons (Fsp3) is 0.692. The highest BCUT2D eigenvalue weighted by Gasteiger charge is 2.33. The van der Waals surface area contributed by atoms with Gasteiger partial charge in [0.2, 0.25) is 0 Å². The van der Waals surface area contributed by atoms with E-state index in [1.165, 1.54) is 0 Å². The Morgan fingerprint density at radius 3 is 2.48 bits per heavy atom. The van der Waals surface area contributed by atoms with E-state index in [0.717, 1.165) is 16.7 Å². The molecule has 2 N–H and O–H groups in total. The lowest BCUT2D eigenvalue weighted by atomic mass is 10.3. The predicted molar refractivity (Wildman–Crippen MR) is 88.1 cm³/mol. The Balaban J connectivity index is 2.43. The molecule has 0 spiro atoms. The van der Waals surface area contributed by atoms with Gasteiger partial charge in [-0.25, -0.2) is 4.98 Å². The number of nitrogens with one attached hydrogen (secondary N) is 2. The van der Waals surface area contributed by atoms with Crippen LogP contribution in [0.2, 0.25) is 0 Å². The van der Waals surface area contributed by atoms with Gasteiger partial charge in [0.1, 0.15) is 5.01 Å². The summed E-state index contributed by atoms with van der Waals surface area (Å²) < 4.78 is 49.0. The van der Waals surface area contributed by atoms with Crippen LogP contribution in [-0.4, -0.2) is 39.2 Å². The molecule has 1 unspecified atom stereocenters. The Morgan fingerprint density at radius 1 is 1.35 bits per heavy atom. The first-order valence-corrected chi connectivity index (χ1v) is 9.08. The first kappa shape index (κ1) is 19.9. The van der Waals surface area contributed by atoms with Crippen LogP contribution in [0.1, 0.15) is 31.5 Å². The second kappa shape index (κ2) is 8.09. The first-order valence-electron chi connectivity index (χ1n) is 6.88. The van der Waals surface area contributed by atoms with Crippen molar-refractivity contribution in [2.75, 3.05) is 19.3 Å². The zero-order valence-electron chi connectivity index (χ0n) is 13.5. The topological polar surface area (TPSA) is 66.4 Å². The van der Waals surface area contributed by atoms with Crippen LogP contribution in [0.3, 0.4) is 0 Å². The molecule has 0 amide bonds. The number of halogens is 3. The molecular weight excluding hydrogens is 349 g/mol. The van der Waals surface area contributed by atoms with Gasteiger partial charge in [-0.3, -0.25) is 9.20 Å². The lowest BCUT2D eigenvalue weighted by Crippen LogP contribution is -2.40. The molecule has 0 radical (unpaired) electrons. The van der Waals surface area contributed by atoms with Gasteiger partial charge in [-0.05, 0) is 20.8 Å². The molecule has 0 fully saturated rings. The molecule has 1 aromatic rings. The molecule has 1 aromatic heterocycles. The molecule has 1 atom stereocenters. The number of rotatable bonds is 5. The summed E-state index contributed by atoms with van der Waals surface area (Å²) in [6.45, 7) is 6.29. The summed E-state index contributed by atoms with van der Waals surface area (Å²) in [4.78, 5) is 7.50. The second-order valence-electron chi connectivity index (χ2n) is 5.64. The number of hydrogen-bond acceptors (Lipinski definition) is 4. The number of alkyl halides is 3. The first-order chi connectivity index (χ1) is 10.5. The van der Waals surface area contributed by atoms with Crippen molar-refractivity contribution in [2.24, 2.45) is 4.99 Å². The molecule has 0 bridgehead atoms. The molecule has 0 aromatic carbocycles. The SMILES string of the molecule is CN=C(NCCS(=O)C(C)(C)C)NCc1nc(C(F)(F)F)cs1. The molecule has 23 heavy (non-hydrogen) atoms. The second-order valence-corrected chi connectivity index (χ2v) is 8.91. The summed E-state index contributed by atoms with van der Waals surface area (Å²) in [6, 6.07) is 0. The van der Waals surface area contributed by atoms with E-state index in [1.807, 2.05) is 20.8 Å². The van der Waals surface area contributed by atoms with E-state index in [-0.39, 0.29) is 11.3 Å². The van der Waals surface area contributed by atoms with E-state index in [9.17, 15) is 17.4 Å². The average Bonchev–Trinajstić information content (AvgIpc) is 2.90. The van der Waals surface area contributed by atoms with E-state index in [0.29, 0.717) is 23.3 Å². The summed E-state index contributed by atoms with van der Waals surface area (Å²) >= 11 is 0.936. The van der Waals surface area contributed by atoms with Crippen LogP contribution in [0.15, 0.2) is 10.4 Å². The largest absolute Gasteiger partial charge is 0.434 e. The summed E-state index contributed by atoms with van der Waals surface area (Å²) in [6.07, 6.45) is -4.42. The maximum atomic E-state index is 12.5. The van der Waals surface area contributed by atoms with Crippen LogP contribution < -0.4 is 10.6 Å². The Labute approximate surface area is 140 Å². The third-order valence-electron chi connectivity index (χ3n) is 2.74. The highest BCUT2D eigenvalue weighted by atomic mass is 32.2. The average molecular weight is 370 g/mol. The van der Waals surface area contributed by atoms with Gasteiger partial charge in [0.25, 0.3) is 0 Å². The molecule has 1 rings (SSSR count). The molecule has 0 aliphatic carbocycles. The van der Waals surface area contributed by atoms with E-state index >= 15 is 0 Å². The zero-order chi connectivity index (χ0) is 17.7. The quantitative estimate of drug-likeness (QED) is 0.617. The van der Waals surface area contributed by atoms with Gasteiger partial charge in [0.05, 0.1) is 6.54 Å². The van der Waals surface area contributed by atoms with Crippen LogP contribution >= 0.6 is 11.3 Å². The molecule has 0 aliphatic rings. The standard InChI is InChI=1S/C13H21F3N4OS2/c1-12(2,3)23(21)6-5-18-11(17-4)19-7-10-20-9(8-22-10)13(14,15)16/h8H,5-7H2,1-4H3,(H2,17,18,19). The van der Waals surface area contributed by atoms with E-state index < -0.39 is 22.7 Å². The molecule has 0 saturated carbocycles. The van der Waals surface area contributed by atoms with Gasteiger partial charge in [0.15, 0.2) is 11.7 Å². The van der Waals surface area contributed by atoms with Crippen molar-refractivity contribution >= 4 is 28.1 Å². The van der Waals surface area contributed by atoms with Crippen molar-refractivity contribution in [3.63, 3.8) is 0 Å². The van der Waals surface area contributed by atoms with Gasteiger partial charge < -0.3 is 10.6 Å². The minimum Gasteiger partial charge on any atom is -0.355 e. The molecule has 10 heteroatoms. The Hall–Kier alpha value is -1.16. The minimum atomic E-state index is -4.42. The zero-order valence-corrected chi connectivity index (χ0v) is 15.1. The predicted octanol–water partition coefficient (Wildman–Crippen LogP) is 2.37. The summed E-state index contributed by atoms with van der Waals surface area (Å²) in [5, 5.41) is 7.17. The van der Waals surface area contributed by atoms with Crippen molar-refractivity contribution in [3.8, 4) is 0 Å². The van der Waals surface area contributed by atoms with E-state index in [4.69, 9.17) is 0 Å². The maximum Gasteiger partial charge on any atom is 0.434 e. The van der Waals surface area contributed by atoms with E-state index in [2.05, 4.69) is 20.6 Å². The number of thiazole rings is 1. The van der Waals surface area contributed by atoms with Crippen molar-refractivity contribution in [3.05, 3.63) is 16.1 Å². The molecular formula is C13H21F3N4OS2. The number of nitrogens with zero attached hydrogens (tertiary/aromatic N) is 2. The lowest BCUT2D eigenvalue weighted by molar-refractivity contribution is -0.140. The highest BCUT2D eigenvalue weighted by molar-refractivity contribution is 7.86. The number of aliphatic imine (C=N–C) groups is 1. The Bertz CT molecular complexity index is 564. The highest BCUT2D eigenvalue weighted by Crippen LogP contribution is 2.29. The number of hydrogen-bond donors (Lipinski definition) is 2. The third-order valence-corrected chi connectivity index (χ3v) is 5.53. The maximum absolute atomic E-state index is 12.5. The lowest BCUT2D eigenvalue weighted by Gasteiger charge is -2.18. The fourth-order valence-electron chi connectivity index (χ4n) is 1.47. The van der Waals surface area contributed by atoms with Gasteiger partial charge in [-0.15, -0.1) is 11.3 Å². The Morgan fingerprint density at radius 2 is 2.00 bits per heavy atom. The van der Waals surface area contributed by atoms with Crippen molar-refractivity contribution in [2.45, 2.75) is 38.2 Å². The fourth-order valence-corrected chi connectivity index (χ4v) is 3.11. The third kappa shape index (κ3) is 6.86. The number of aromatic nitrogens is 1. The van der Waals surface area contributed by atoms with E-state index in [1.54, 1.807) is 7.05 Å². The minimum absolute atomic E-state index is 0.142. The van der Waals surface area contributed by atoms with Crippen LogP contribution in [0.25, 0.3) is 0 Å².